The van der Waals surface area contributed by atoms with Gasteiger partial charge in [-0.1, -0.05) is 24.3 Å². The lowest BCUT2D eigenvalue weighted by molar-refractivity contribution is -0.132. The van der Waals surface area contributed by atoms with Crippen LogP contribution >= 0.6 is 0 Å². The molecule has 134 valence electrons. The van der Waals surface area contributed by atoms with Gasteiger partial charge in [-0.25, -0.2) is 0 Å². The predicted octanol–water partition coefficient (Wildman–Crippen LogP) is 1.81. The smallest absolute Gasteiger partial charge is 0.248 e. The van der Waals surface area contributed by atoms with Crippen LogP contribution < -0.4 is 10.6 Å². The van der Waals surface area contributed by atoms with E-state index < -0.39 is 5.54 Å². The van der Waals surface area contributed by atoms with E-state index in [1.165, 1.54) is 0 Å². The number of hydrogen-bond donors (Lipinski definition) is 2. The van der Waals surface area contributed by atoms with E-state index in [0.717, 1.165) is 37.1 Å². The van der Waals surface area contributed by atoms with E-state index in [9.17, 15) is 4.79 Å². The highest BCUT2D eigenvalue weighted by atomic mass is 16.5. The summed E-state index contributed by atoms with van der Waals surface area (Å²) in [5, 5.41) is 10.8. The van der Waals surface area contributed by atoms with Crippen LogP contribution in [0.3, 0.4) is 0 Å². The lowest BCUT2D eigenvalue weighted by Crippen LogP contribution is -2.54. The van der Waals surface area contributed by atoms with Crippen molar-refractivity contribution in [2.75, 3.05) is 19.7 Å². The molecule has 0 aliphatic carbocycles. The molecular formula is C19H26N4O2. The summed E-state index contributed by atoms with van der Waals surface area (Å²) in [6.07, 6.45) is 5.10. The Bertz CT molecular complexity index is 661. The van der Waals surface area contributed by atoms with Crippen LogP contribution in [0.1, 0.15) is 30.9 Å². The van der Waals surface area contributed by atoms with Crippen LogP contribution in [0, 0.1) is 0 Å². The third kappa shape index (κ3) is 4.08. The molecule has 0 radical (unpaired) electrons. The number of hydrogen-bond acceptors (Lipinski definition) is 4. The van der Waals surface area contributed by atoms with E-state index in [1.54, 1.807) is 6.20 Å². The largest absolute Gasteiger partial charge is 0.377 e. The number of rotatable bonds is 7. The molecule has 3 rings (SSSR count). The van der Waals surface area contributed by atoms with Crippen LogP contribution in [-0.4, -0.2) is 35.4 Å². The molecule has 2 N–H and O–H groups in total. The molecule has 0 unspecified atom stereocenters. The summed E-state index contributed by atoms with van der Waals surface area (Å²) in [6, 6.07) is 10.0. The maximum atomic E-state index is 13.0. The zero-order chi connectivity index (χ0) is 17.5. The summed E-state index contributed by atoms with van der Waals surface area (Å²) in [5.74, 6) is 0.0380. The van der Waals surface area contributed by atoms with Crippen molar-refractivity contribution < 1.29 is 9.53 Å². The Morgan fingerprint density at radius 2 is 2.00 bits per heavy atom. The zero-order valence-electron chi connectivity index (χ0n) is 14.7. The molecule has 1 fully saturated rings. The zero-order valence-corrected chi connectivity index (χ0v) is 14.7. The van der Waals surface area contributed by atoms with Gasteiger partial charge in [0.15, 0.2) is 0 Å². The van der Waals surface area contributed by atoms with Gasteiger partial charge in [0.2, 0.25) is 5.91 Å². The van der Waals surface area contributed by atoms with Gasteiger partial charge in [-0.15, -0.1) is 0 Å². The molecule has 6 nitrogen and oxygen atoms in total. The number of piperidine rings is 1. The fourth-order valence-electron chi connectivity index (χ4n) is 3.24. The Balaban J connectivity index is 1.64. The molecule has 6 heteroatoms. The van der Waals surface area contributed by atoms with Gasteiger partial charge >= 0.3 is 0 Å². The molecular weight excluding hydrogens is 316 g/mol. The Morgan fingerprint density at radius 3 is 2.64 bits per heavy atom. The minimum absolute atomic E-state index is 0.0380. The quantitative estimate of drug-likeness (QED) is 0.805. The van der Waals surface area contributed by atoms with Crippen molar-refractivity contribution in [2.24, 2.45) is 0 Å². The van der Waals surface area contributed by atoms with Crippen LogP contribution in [0.4, 0.5) is 0 Å². The lowest BCUT2D eigenvalue weighted by atomic mass is 9.87. The minimum atomic E-state index is -0.594. The Hall–Kier alpha value is -2.18. The van der Waals surface area contributed by atoms with Crippen LogP contribution in [0.15, 0.2) is 42.7 Å². The maximum Gasteiger partial charge on any atom is 0.248 e. The van der Waals surface area contributed by atoms with E-state index >= 15 is 0 Å². The highest BCUT2D eigenvalue weighted by Gasteiger charge is 2.41. The van der Waals surface area contributed by atoms with Gasteiger partial charge in [0.05, 0.1) is 6.61 Å². The van der Waals surface area contributed by atoms with E-state index in [0.29, 0.717) is 19.8 Å². The SMILES string of the molecule is CCOCc1ccc(CNC(=O)C2(n3cccn3)CCNCC2)cc1. The van der Waals surface area contributed by atoms with Crippen molar-refractivity contribution in [3.63, 3.8) is 0 Å². The van der Waals surface area contributed by atoms with Gasteiger partial charge in [0.1, 0.15) is 5.54 Å². The third-order valence-electron chi connectivity index (χ3n) is 4.75. The second-order valence-corrected chi connectivity index (χ2v) is 6.37. The van der Waals surface area contributed by atoms with Crippen molar-refractivity contribution in [3.8, 4) is 0 Å². The normalized spacial score (nSPS) is 16.5. The average Bonchev–Trinajstić information content (AvgIpc) is 3.21. The molecule has 0 bridgehead atoms. The standard InChI is InChI=1S/C19H26N4O2/c1-2-25-15-17-6-4-16(5-7-17)14-21-18(24)19(8-11-20-12-9-19)23-13-3-10-22-23/h3-7,10,13,20H,2,8-9,11-12,14-15H2,1H3,(H,21,24). The molecule has 1 aliphatic heterocycles. The summed E-state index contributed by atoms with van der Waals surface area (Å²) >= 11 is 0. The van der Waals surface area contributed by atoms with Crippen LogP contribution in [0.5, 0.6) is 0 Å². The van der Waals surface area contributed by atoms with Crippen LogP contribution in [-0.2, 0) is 28.2 Å². The van der Waals surface area contributed by atoms with Gasteiger partial charge in [-0.05, 0) is 50.0 Å². The molecule has 0 atom stereocenters. The highest BCUT2D eigenvalue weighted by Crippen LogP contribution is 2.27. The molecule has 1 amide bonds. The molecule has 0 spiro atoms. The Labute approximate surface area is 148 Å². The van der Waals surface area contributed by atoms with Gasteiger partial charge in [0, 0.05) is 25.5 Å². The van der Waals surface area contributed by atoms with Crippen molar-refractivity contribution in [1.29, 1.82) is 0 Å². The van der Waals surface area contributed by atoms with Gasteiger partial charge in [-0.2, -0.15) is 5.10 Å². The predicted molar refractivity (Wildman–Crippen MR) is 95.9 cm³/mol. The number of carbonyl (C=O) groups is 1. The average molecular weight is 342 g/mol. The van der Waals surface area contributed by atoms with E-state index in [4.69, 9.17) is 4.74 Å². The van der Waals surface area contributed by atoms with E-state index in [2.05, 4.69) is 15.7 Å². The summed E-state index contributed by atoms with van der Waals surface area (Å²) in [7, 11) is 0. The number of nitrogens with zero attached hydrogens (tertiary/aromatic N) is 2. The topological polar surface area (TPSA) is 68.2 Å². The summed E-state index contributed by atoms with van der Waals surface area (Å²) < 4.78 is 7.22. The molecule has 0 saturated carbocycles. The van der Waals surface area contributed by atoms with Gasteiger partial charge in [-0.3, -0.25) is 9.48 Å². The third-order valence-corrected chi connectivity index (χ3v) is 4.75. The number of nitrogens with one attached hydrogen (secondary N) is 2. The van der Waals surface area contributed by atoms with Crippen molar-refractivity contribution in [3.05, 3.63) is 53.9 Å². The molecule has 25 heavy (non-hydrogen) atoms. The number of benzene rings is 1. The summed E-state index contributed by atoms with van der Waals surface area (Å²) in [4.78, 5) is 13.0. The number of carbonyl (C=O) groups excluding carboxylic acids is 1. The Morgan fingerprint density at radius 1 is 1.28 bits per heavy atom. The second kappa shape index (κ2) is 8.27. The Kier molecular flexibility index (Phi) is 5.83. The van der Waals surface area contributed by atoms with Crippen LogP contribution in [0.25, 0.3) is 0 Å². The number of aromatic nitrogens is 2. The molecule has 1 saturated heterocycles. The fourth-order valence-corrected chi connectivity index (χ4v) is 3.24. The van der Waals surface area contributed by atoms with Crippen molar-refractivity contribution in [2.45, 2.75) is 38.5 Å². The number of amides is 1. The second-order valence-electron chi connectivity index (χ2n) is 6.37. The van der Waals surface area contributed by atoms with E-state index in [1.807, 2.05) is 48.1 Å². The van der Waals surface area contributed by atoms with Gasteiger partial charge in [0.25, 0.3) is 0 Å². The molecule has 2 heterocycles. The first kappa shape index (κ1) is 17.6. The minimum Gasteiger partial charge on any atom is -0.377 e. The van der Waals surface area contributed by atoms with E-state index in [-0.39, 0.29) is 5.91 Å². The fraction of sp³-hybridized carbons (Fsp3) is 0.474. The summed E-state index contributed by atoms with van der Waals surface area (Å²) in [5.41, 5.74) is 1.63. The number of ether oxygens (including phenoxy) is 1. The van der Waals surface area contributed by atoms with Gasteiger partial charge < -0.3 is 15.4 Å². The molecule has 2 aromatic rings. The van der Waals surface area contributed by atoms with Crippen LogP contribution in [0.2, 0.25) is 0 Å². The van der Waals surface area contributed by atoms with Crippen molar-refractivity contribution in [1.82, 2.24) is 20.4 Å². The first-order chi connectivity index (χ1) is 12.2. The van der Waals surface area contributed by atoms with Crippen molar-refractivity contribution >= 4 is 5.91 Å². The molecule has 1 aliphatic rings. The first-order valence-corrected chi connectivity index (χ1v) is 8.89. The summed E-state index contributed by atoms with van der Waals surface area (Å²) in [6.45, 7) is 5.48. The molecule has 1 aromatic carbocycles. The monoisotopic (exact) mass is 342 g/mol. The highest BCUT2D eigenvalue weighted by molar-refractivity contribution is 5.84. The lowest BCUT2D eigenvalue weighted by Gasteiger charge is -2.36. The maximum absolute atomic E-state index is 13.0. The molecule has 1 aromatic heterocycles. The first-order valence-electron chi connectivity index (χ1n) is 8.89.